The van der Waals surface area contributed by atoms with Gasteiger partial charge in [0, 0.05) is 17.5 Å². The van der Waals surface area contributed by atoms with E-state index in [0.29, 0.717) is 11.4 Å². The lowest BCUT2D eigenvalue weighted by Crippen LogP contribution is -2.25. The molecule has 21 heavy (non-hydrogen) atoms. The zero-order valence-electron chi connectivity index (χ0n) is 11.5. The van der Waals surface area contributed by atoms with Crippen LogP contribution in [0.2, 0.25) is 0 Å². The molecule has 6 heteroatoms. The van der Waals surface area contributed by atoms with Crippen LogP contribution in [0.5, 0.6) is 0 Å². The number of hydrogen-bond donors (Lipinski definition) is 1. The van der Waals surface area contributed by atoms with Gasteiger partial charge in [-0.25, -0.2) is 4.98 Å². The second-order valence-corrected chi connectivity index (χ2v) is 7.14. The molecule has 0 aliphatic carbocycles. The normalized spacial score (nSPS) is 10.7. The van der Waals surface area contributed by atoms with Gasteiger partial charge in [-0.1, -0.05) is 0 Å². The van der Waals surface area contributed by atoms with Crippen molar-refractivity contribution in [1.29, 1.82) is 0 Å². The van der Waals surface area contributed by atoms with E-state index in [-0.39, 0.29) is 5.91 Å². The van der Waals surface area contributed by atoms with Gasteiger partial charge < -0.3 is 5.32 Å². The van der Waals surface area contributed by atoms with Crippen LogP contribution in [0.15, 0.2) is 33.7 Å². The number of nitrogens with one attached hydrogen (secondary N) is 1. The Morgan fingerprint density at radius 1 is 1.24 bits per heavy atom. The largest absolute Gasteiger partial charge is 0.351 e. The summed E-state index contributed by atoms with van der Waals surface area (Å²) in [5.41, 5.74) is 3.15. The number of thiazole rings is 1. The van der Waals surface area contributed by atoms with Crippen LogP contribution >= 0.6 is 34.0 Å². The second kappa shape index (κ2) is 6.51. The zero-order valence-corrected chi connectivity index (χ0v) is 13.9. The minimum Gasteiger partial charge on any atom is -0.351 e. The number of carbonyl (C=O) groups is 1. The third-order valence-corrected chi connectivity index (χ3v) is 5.67. The van der Waals surface area contributed by atoms with Crippen LogP contribution in [0.25, 0.3) is 10.6 Å². The molecule has 0 saturated heterocycles. The van der Waals surface area contributed by atoms with Crippen molar-refractivity contribution >= 4 is 39.9 Å². The van der Waals surface area contributed by atoms with Crippen molar-refractivity contribution in [2.24, 2.45) is 0 Å². The number of carbonyl (C=O) groups excluding carboxylic acids is 1. The SMILES string of the molecule is Cc1nc(-c2ccsc2)sc1C(=O)NCCc1ccsc1. The standard InChI is InChI=1S/C15H14N2OS3/c1-10-13(21-15(17-10)12-4-7-20-9-12)14(18)16-5-2-11-3-6-19-8-11/h3-4,6-9H,2,5H2,1H3,(H,16,18). The van der Waals surface area contributed by atoms with Gasteiger partial charge >= 0.3 is 0 Å². The van der Waals surface area contributed by atoms with Crippen molar-refractivity contribution in [3.8, 4) is 10.6 Å². The van der Waals surface area contributed by atoms with E-state index >= 15 is 0 Å². The number of aryl methyl sites for hydroxylation is 1. The van der Waals surface area contributed by atoms with Gasteiger partial charge in [-0.05, 0) is 47.2 Å². The van der Waals surface area contributed by atoms with Crippen LogP contribution in [0.3, 0.4) is 0 Å². The summed E-state index contributed by atoms with van der Waals surface area (Å²) in [6.07, 6.45) is 0.866. The summed E-state index contributed by atoms with van der Waals surface area (Å²) >= 11 is 4.78. The number of rotatable bonds is 5. The van der Waals surface area contributed by atoms with E-state index in [0.717, 1.165) is 22.7 Å². The summed E-state index contributed by atoms with van der Waals surface area (Å²) in [6, 6.07) is 4.12. The minimum absolute atomic E-state index is 0.0262. The summed E-state index contributed by atoms with van der Waals surface area (Å²) in [6.45, 7) is 2.54. The Labute approximate surface area is 135 Å². The van der Waals surface area contributed by atoms with Crippen LogP contribution in [-0.4, -0.2) is 17.4 Å². The Balaban J connectivity index is 1.64. The summed E-state index contributed by atoms with van der Waals surface area (Å²) in [4.78, 5) is 17.4. The van der Waals surface area contributed by atoms with Crippen LogP contribution in [0, 0.1) is 6.92 Å². The average molecular weight is 334 g/mol. The molecular formula is C15H14N2OS3. The third kappa shape index (κ3) is 3.40. The molecule has 0 unspecified atom stereocenters. The predicted octanol–water partition coefficient (Wildman–Crippen LogP) is 4.21. The fraction of sp³-hybridized carbons (Fsp3) is 0.200. The van der Waals surface area contributed by atoms with Gasteiger partial charge in [-0.15, -0.1) is 11.3 Å². The number of thiophene rings is 2. The van der Waals surface area contributed by atoms with Crippen LogP contribution < -0.4 is 5.32 Å². The lowest BCUT2D eigenvalue weighted by atomic mass is 10.2. The van der Waals surface area contributed by atoms with E-state index in [4.69, 9.17) is 0 Å². The fourth-order valence-corrected chi connectivity index (χ4v) is 4.35. The van der Waals surface area contributed by atoms with Gasteiger partial charge in [-0.3, -0.25) is 4.79 Å². The van der Waals surface area contributed by atoms with Crippen molar-refractivity contribution < 1.29 is 4.79 Å². The number of hydrogen-bond acceptors (Lipinski definition) is 5. The molecule has 1 N–H and O–H groups in total. The average Bonchev–Trinajstić information content (AvgIpc) is 3.19. The molecule has 0 aliphatic rings. The second-order valence-electron chi connectivity index (χ2n) is 4.58. The van der Waals surface area contributed by atoms with Gasteiger partial charge in [-0.2, -0.15) is 22.7 Å². The third-order valence-electron chi connectivity index (χ3n) is 3.05. The molecule has 0 atom stereocenters. The monoisotopic (exact) mass is 334 g/mol. The summed E-state index contributed by atoms with van der Waals surface area (Å²) in [5, 5.41) is 12.1. The van der Waals surface area contributed by atoms with E-state index < -0.39 is 0 Å². The summed E-state index contributed by atoms with van der Waals surface area (Å²) in [7, 11) is 0. The number of nitrogens with zero attached hydrogens (tertiary/aromatic N) is 1. The molecule has 0 aliphatic heterocycles. The molecule has 0 radical (unpaired) electrons. The van der Waals surface area contributed by atoms with E-state index in [1.54, 1.807) is 22.7 Å². The molecule has 3 heterocycles. The molecule has 0 fully saturated rings. The van der Waals surface area contributed by atoms with Gasteiger partial charge in [0.1, 0.15) is 9.88 Å². The quantitative estimate of drug-likeness (QED) is 0.759. The van der Waals surface area contributed by atoms with E-state index in [1.165, 1.54) is 16.9 Å². The fourth-order valence-electron chi connectivity index (χ4n) is 1.95. The topological polar surface area (TPSA) is 42.0 Å². The Morgan fingerprint density at radius 2 is 2.05 bits per heavy atom. The lowest BCUT2D eigenvalue weighted by Gasteiger charge is -2.02. The first-order chi connectivity index (χ1) is 10.2. The van der Waals surface area contributed by atoms with Gasteiger partial charge in [0.05, 0.1) is 5.69 Å². The first kappa shape index (κ1) is 14.4. The van der Waals surface area contributed by atoms with Gasteiger partial charge in [0.15, 0.2) is 0 Å². The van der Waals surface area contributed by atoms with Crippen molar-refractivity contribution in [3.63, 3.8) is 0 Å². The molecule has 0 spiro atoms. The highest BCUT2D eigenvalue weighted by atomic mass is 32.1. The van der Waals surface area contributed by atoms with Crippen LogP contribution in [-0.2, 0) is 6.42 Å². The minimum atomic E-state index is -0.0262. The molecule has 3 rings (SSSR count). The van der Waals surface area contributed by atoms with Crippen molar-refractivity contribution in [2.45, 2.75) is 13.3 Å². The predicted molar refractivity (Wildman–Crippen MR) is 90.5 cm³/mol. The molecular weight excluding hydrogens is 320 g/mol. The highest BCUT2D eigenvalue weighted by Crippen LogP contribution is 2.29. The molecule has 3 nitrogen and oxygen atoms in total. The summed E-state index contributed by atoms with van der Waals surface area (Å²) < 4.78 is 0. The van der Waals surface area contributed by atoms with Gasteiger partial charge in [0.2, 0.25) is 0 Å². The Morgan fingerprint density at radius 3 is 2.76 bits per heavy atom. The maximum atomic E-state index is 12.2. The molecule has 0 saturated carbocycles. The highest BCUT2D eigenvalue weighted by Gasteiger charge is 2.16. The Bertz CT molecular complexity index is 714. The lowest BCUT2D eigenvalue weighted by molar-refractivity contribution is 0.0957. The maximum Gasteiger partial charge on any atom is 0.263 e. The molecule has 0 aromatic carbocycles. The van der Waals surface area contributed by atoms with Crippen LogP contribution in [0.4, 0.5) is 0 Å². The van der Waals surface area contributed by atoms with E-state index in [1.807, 2.05) is 18.4 Å². The molecule has 3 aromatic heterocycles. The summed E-state index contributed by atoms with van der Waals surface area (Å²) in [5.74, 6) is -0.0262. The van der Waals surface area contributed by atoms with E-state index in [9.17, 15) is 4.79 Å². The van der Waals surface area contributed by atoms with E-state index in [2.05, 4.69) is 32.5 Å². The molecule has 3 aromatic rings. The molecule has 0 bridgehead atoms. The first-order valence-corrected chi connectivity index (χ1v) is 9.23. The maximum absolute atomic E-state index is 12.2. The number of aromatic nitrogens is 1. The Hall–Kier alpha value is -1.50. The first-order valence-electron chi connectivity index (χ1n) is 6.53. The zero-order chi connectivity index (χ0) is 14.7. The van der Waals surface area contributed by atoms with Gasteiger partial charge in [0.25, 0.3) is 5.91 Å². The Kier molecular flexibility index (Phi) is 4.48. The smallest absolute Gasteiger partial charge is 0.263 e. The van der Waals surface area contributed by atoms with Crippen molar-refractivity contribution in [3.05, 3.63) is 49.8 Å². The van der Waals surface area contributed by atoms with Crippen LogP contribution in [0.1, 0.15) is 20.9 Å². The van der Waals surface area contributed by atoms with Crippen molar-refractivity contribution in [1.82, 2.24) is 10.3 Å². The number of amides is 1. The molecule has 108 valence electrons. The van der Waals surface area contributed by atoms with Crippen molar-refractivity contribution in [2.75, 3.05) is 6.54 Å². The highest BCUT2D eigenvalue weighted by molar-refractivity contribution is 7.17. The molecule has 1 amide bonds.